The van der Waals surface area contributed by atoms with Crippen LogP contribution in [0.15, 0.2) is 53.5 Å². The van der Waals surface area contributed by atoms with Crippen LogP contribution in [0.2, 0.25) is 5.02 Å². The molecule has 0 saturated carbocycles. The van der Waals surface area contributed by atoms with Gasteiger partial charge in [-0.15, -0.1) is 0 Å². The number of likely N-dealkylation sites (tertiary alicyclic amines) is 1. The molecule has 4 rings (SSSR count). The van der Waals surface area contributed by atoms with E-state index >= 15 is 0 Å². The fourth-order valence-electron chi connectivity index (χ4n) is 4.03. The number of piperidine rings is 1. The van der Waals surface area contributed by atoms with E-state index in [9.17, 15) is 22.8 Å². The standard InChI is InChI=1S/C24H21ClF3N3O2/c1-30-13-18(22(21(25)24(30)33)29-20-7-6-17(27)12-19(20)28)23(32)31-10-8-15(9-11-31)14-2-4-16(26)5-3-14/h2-7,12-13,15,29H,8-11H2,1H3. The highest BCUT2D eigenvalue weighted by atomic mass is 35.5. The van der Waals surface area contributed by atoms with Crippen molar-refractivity contribution >= 4 is 28.9 Å². The van der Waals surface area contributed by atoms with Crippen molar-refractivity contribution in [3.05, 3.63) is 92.6 Å². The first-order chi connectivity index (χ1) is 15.7. The minimum absolute atomic E-state index is 0.0315. The first-order valence-corrected chi connectivity index (χ1v) is 10.8. The normalized spacial score (nSPS) is 14.4. The molecule has 1 saturated heterocycles. The Kier molecular flexibility index (Phi) is 6.47. The van der Waals surface area contributed by atoms with E-state index in [0.717, 1.165) is 11.6 Å². The maximum atomic E-state index is 14.2. The van der Waals surface area contributed by atoms with Crippen molar-refractivity contribution in [3.8, 4) is 0 Å². The average Bonchev–Trinajstić information content (AvgIpc) is 2.81. The lowest BCUT2D eigenvalue weighted by Gasteiger charge is -2.33. The number of carbonyl (C=O) groups excluding carboxylic acids is 1. The second-order valence-electron chi connectivity index (χ2n) is 8.02. The van der Waals surface area contributed by atoms with Gasteiger partial charge < -0.3 is 14.8 Å². The molecule has 0 bridgehead atoms. The summed E-state index contributed by atoms with van der Waals surface area (Å²) in [5.41, 5.74) is 0.411. The Morgan fingerprint density at radius 3 is 2.30 bits per heavy atom. The lowest BCUT2D eigenvalue weighted by atomic mass is 9.89. The number of anilines is 2. The molecule has 0 unspecified atom stereocenters. The molecule has 0 aliphatic carbocycles. The summed E-state index contributed by atoms with van der Waals surface area (Å²) in [6.07, 6.45) is 2.73. The molecule has 1 amide bonds. The van der Waals surface area contributed by atoms with Gasteiger partial charge in [0.2, 0.25) is 0 Å². The van der Waals surface area contributed by atoms with Crippen LogP contribution in [0.4, 0.5) is 24.5 Å². The largest absolute Gasteiger partial charge is 0.351 e. The molecule has 172 valence electrons. The molecule has 2 aromatic carbocycles. The fraction of sp³-hybridized carbons (Fsp3) is 0.250. The molecule has 33 heavy (non-hydrogen) atoms. The number of amides is 1. The maximum absolute atomic E-state index is 14.2. The number of hydrogen-bond acceptors (Lipinski definition) is 3. The number of halogens is 4. The van der Waals surface area contributed by atoms with E-state index in [0.29, 0.717) is 32.0 Å². The van der Waals surface area contributed by atoms with Gasteiger partial charge in [0.1, 0.15) is 22.5 Å². The monoisotopic (exact) mass is 475 g/mol. The molecule has 1 N–H and O–H groups in total. The summed E-state index contributed by atoms with van der Waals surface area (Å²) in [5.74, 6) is -2.10. The molecule has 1 aliphatic heterocycles. The summed E-state index contributed by atoms with van der Waals surface area (Å²) in [5, 5.41) is 2.42. The van der Waals surface area contributed by atoms with Crippen LogP contribution in [0.1, 0.15) is 34.7 Å². The molecule has 9 heteroatoms. The average molecular weight is 476 g/mol. The van der Waals surface area contributed by atoms with E-state index in [1.165, 1.54) is 36.0 Å². The molecular formula is C24H21ClF3N3O2. The Bertz CT molecular complexity index is 1250. The van der Waals surface area contributed by atoms with Crippen LogP contribution >= 0.6 is 11.6 Å². The molecule has 3 aromatic rings. The molecule has 0 radical (unpaired) electrons. The van der Waals surface area contributed by atoms with Crippen molar-refractivity contribution in [2.24, 2.45) is 7.05 Å². The van der Waals surface area contributed by atoms with Gasteiger partial charge in [-0.1, -0.05) is 23.7 Å². The third-order valence-corrected chi connectivity index (χ3v) is 6.22. The highest BCUT2D eigenvalue weighted by Crippen LogP contribution is 2.32. The number of rotatable bonds is 4. The summed E-state index contributed by atoms with van der Waals surface area (Å²) < 4.78 is 41.9. The number of hydrogen-bond donors (Lipinski definition) is 1. The topological polar surface area (TPSA) is 54.3 Å². The van der Waals surface area contributed by atoms with Gasteiger partial charge in [0.05, 0.1) is 16.9 Å². The zero-order chi connectivity index (χ0) is 23.7. The van der Waals surface area contributed by atoms with E-state index in [1.54, 1.807) is 17.0 Å². The molecule has 0 spiro atoms. The SMILES string of the molecule is Cn1cc(C(=O)N2CCC(c3ccc(F)cc3)CC2)c(Nc2ccc(F)cc2F)c(Cl)c1=O. The highest BCUT2D eigenvalue weighted by Gasteiger charge is 2.28. The van der Waals surface area contributed by atoms with Gasteiger partial charge in [-0.25, -0.2) is 13.2 Å². The number of carbonyl (C=O) groups is 1. The minimum atomic E-state index is -0.884. The van der Waals surface area contributed by atoms with Crippen LogP contribution in [0.5, 0.6) is 0 Å². The van der Waals surface area contributed by atoms with E-state index in [-0.39, 0.29) is 39.6 Å². The fourth-order valence-corrected chi connectivity index (χ4v) is 4.31. The van der Waals surface area contributed by atoms with Crippen LogP contribution in [0.3, 0.4) is 0 Å². The second-order valence-corrected chi connectivity index (χ2v) is 8.39. The number of nitrogens with one attached hydrogen (secondary N) is 1. The van der Waals surface area contributed by atoms with Crippen molar-refractivity contribution in [2.75, 3.05) is 18.4 Å². The quantitative estimate of drug-likeness (QED) is 0.563. The molecule has 1 fully saturated rings. The van der Waals surface area contributed by atoms with Crippen LogP contribution in [-0.2, 0) is 7.05 Å². The molecule has 0 atom stereocenters. The lowest BCUT2D eigenvalue weighted by molar-refractivity contribution is 0.0713. The van der Waals surface area contributed by atoms with Crippen LogP contribution in [-0.4, -0.2) is 28.5 Å². The van der Waals surface area contributed by atoms with Gasteiger partial charge in [-0.3, -0.25) is 9.59 Å². The zero-order valence-corrected chi connectivity index (χ0v) is 18.5. The van der Waals surface area contributed by atoms with Crippen molar-refractivity contribution < 1.29 is 18.0 Å². The summed E-state index contributed by atoms with van der Waals surface area (Å²) >= 11 is 6.24. The molecule has 5 nitrogen and oxygen atoms in total. The van der Waals surface area contributed by atoms with Gasteiger partial charge in [-0.2, -0.15) is 0 Å². The summed E-state index contributed by atoms with van der Waals surface area (Å²) in [6.45, 7) is 0.900. The van der Waals surface area contributed by atoms with Gasteiger partial charge in [0.15, 0.2) is 0 Å². The predicted octanol–water partition coefficient (Wildman–Crippen LogP) is 5.22. The Balaban J connectivity index is 1.59. The third-order valence-electron chi connectivity index (χ3n) is 5.86. The van der Waals surface area contributed by atoms with Crippen molar-refractivity contribution in [1.29, 1.82) is 0 Å². The van der Waals surface area contributed by atoms with Crippen LogP contribution < -0.4 is 10.9 Å². The summed E-state index contributed by atoms with van der Waals surface area (Å²) in [7, 11) is 1.47. The number of aryl methyl sites for hydroxylation is 1. The third kappa shape index (κ3) is 4.75. The van der Waals surface area contributed by atoms with E-state index < -0.39 is 17.2 Å². The van der Waals surface area contributed by atoms with E-state index in [4.69, 9.17) is 11.6 Å². The summed E-state index contributed by atoms with van der Waals surface area (Å²) in [6, 6.07) is 9.27. The maximum Gasteiger partial charge on any atom is 0.271 e. The number of benzene rings is 2. The van der Waals surface area contributed by atoms with E-state index in [1.807, 2.05) is 0 Å². The second kappa shape index (κ2) is 9.31. The lowest BCUT2D eigenvalue weighted by Crippen LogP contribution is -2.39. The Hall–Kier alpha value is -3.26. The predicted molar refractivity (Wildman–Crippen MR) is 121 cm³/mol. The van der Waals surface area contributed by atoms with Crippen molar-refractivity contribution in [1.82, 2.24) is 9.47 Å². The highest BCUT2D eigenvalue weighted by molar-refractivity contribution is 6.34. The number of pyridine rings is 1. The van der Waals surface area contributed by atoms with Crippen molar-refractivity contribution in [3.63, 3.8) is 0 Å². The molecular weight excluding hydrogens is 455 g/mol. The smallest absolute Gasteiger partial charge is 0.271 e. The van der Waals surface area contributed by atoms with Gasteiger partial charge in [0.25, 0.3) is 11.5 Å². The summed E-state index contributed by atoms with van der Waals surface area (Å²) in [4.78, 5) is 27.4. The number of aromatic nitrogens is 1. The Labute approximate surface area is 193 Å². The van der Waals surface area contributed by atoms with E-state index in [2.05, 4.69) is 5.32 Å². The van der Waals surface area contributed by atoms with Gasteiger partial charge in [0, 0.05) is 32.4 Å². The first-order valence-electron chi connectivity index (χ1n) is 10.4. The zero-order valence-electron chi connectivity index (χ0n) is 17.7. The number of nitrogens with zero attached hydrogens (tertiary/aromatic N) is 2. The van der Waals surface area contributed by atoms with Gasteiger partial charge >= 0.3 is 0 Å². The molecule has 1 aliphatic rings. The Morgan fingerprint density at radius 2 is 1.67 bits per heavy atom. The van der Waals surface area contributed by atoms with Crippen LogP contribution in [0.25, 0.3) is 0 Å². The Morgan fingerprint density at radius 1 is 1.03 bits per heavy atom. The van der Waals surface area contributed by atoms with Crippen LogP contribution in [0, 0.1) is 17.5 Å². The first kappa shape index (κ1) is 22.9. The molecule has 2 heterocycles. The molecule has 1 aromatic heterocycles. The van der Waals surface area contributed by atoms with Crippen molar-refractivity contribution in [2.45, 2.75) is 18.8 Å². The van der Waals surface area contributed by atoms with Gasteiger partial charge in [-0.05, 0) is 48.6 Å². The minimum Gasteiger partial charge on any atom is -0.351 e.